The minimum atomic E-state index is -0.0793. The fourth-order valence-corrected chi connectivity index (χ4v) is 1.84. The molecule has 3 atom stereocenters. The molecule has 16 heavy (non-hydrogen) atoms. The Kier molecular flexibility index (Phi) is 6.95. The van der Waals surface area contributed by atoms with Gasteiger partial charge in [0.15, 0.2) is 0 Å². The largest absolute Gasteiger partial charge is 0.375 e. The van der Waals surface area contributed by atoms with Gasteiger partial charge in [-0.1, -0.05) is 13.8 Å². The Balaban J connectivity index is 0.00000225. The van der Waals surface area contributed by atoms with E-state index in [1.165, 1.54) is 0 Å². The third kappa shape index (κ3) is 3.61. The van der Waals surface area contributed by atoms with Crippen LogP contribution in [-0.4, -0.2) is 42.6 Å². The lowest BCUT2D eigenvalue weighted by Crippen LogP contribution is -2.53. The van der Waals surface area contributed by atoms with Crippen molar-refractivity contribution in [2.24, 2.45) is 11.7 Å². The summed E-state index contributed by atoms with van der Waals surface area (Å²) in [5.74, 6) is 0.0869. The average Bonchev–Trinajstić information content (AvgIpc) is 2.27. The van der Waals surface area contributed by atoms with Crippen LogP contribution in [0.4, 0.5) is 0 Å². The minimum absolute atomic E-state index is 0. The molecular weight excluding hydrogens is 228 g/mol. The molecule has 1 amide bonds. The van der Waals surface area contributed by atoms with Crippen LogP contribution in [0.25, 0.3) is 0 Å². The molecule has 1 saturated heterocycles. The van der Waals surface area contributed by atoms with Crippen LogP contribution in [0.5, 0.6) is 0 Å². The third-order valence-corrected chi connectivity index (χ3v) is 3.00. The molecule has 0 bridgehead atoms. The van der Waals surface area contributed by atoms with Crippen molar-refractivity contribution in [1.29, 1.82) is 0 Å². The van der Waals surface area contributed by atoms with Crippen LogP contribution in [0.15, 0.2) is 0 Å². The van der Waals surface area contributed by atoms with Crippen molar-refractivity contribution >= 4 is 18.3 Å². The molecule has 0 spiro atoms. The van der Waals surface area contributed by atoms with Crippen molar-refractivity contribution in [3.05, 3.63) is 0 Å². The summed E-state index contributed by atoms with van der Waals surface area (Å²) in [6, 6.07) is 0.225. The fourth-order valence-electron chi connectivity index (χ4n) is 1.84. The maximum atomic E-state index is 12.0. The summed E-state index contributed by atoms with van der Waals surface area (Å²) in [6.07, 6.45) is 1.08. The van der Waals surface area contributed by atoms with Gasteiger partial charge in [-0.3, -0.25) is 4.79 Å². The molecule has 1 fully saturated rings. The van der Waals surface area contributed by atoms with Crippen LogP contribution < -0.4 is 5.73 Å². The topological polar surface area (TPSA) is 55.6 Å². The number of hydrogen-bond acceptors (Lipinski definition) is 3. The molecule has 1 aliphatic rings. The maximum Gasteiger partial charge on any atom is 0.227 e. The van der Waals surface area contributed by atoms with Crippen molar-refractivity contribution in [2.45, 2.75) is 39.3 Å². The molecule has 1 aliphatic heterocycles. The molecule has 2 N–H and O–H groups in total. The van der Waals surface area contributed by atoms with Gasteiger partial charge >= 0.3 is 0 Å². The first-order chi connectivity index (χ1) is 7.10. The van der Waals surface area contributed by atoms with E-state index in [1.54, 1.807) is 0 Å². The van der Waals surface area contributed by atoms with Crippen LogP contribution in [0.3, 0.4) is 0 Å². The number of nitrogens with zero attached hydrogens (tertiary/aromatic N) is 1. The Morgan fingerprint density at radius 3 is 2.75 bits per heavy atom. The summed E-state index contributed by atoms with van der Waals surface area (Å²) in [5.41, 5.74) is 5.52. The molecular formula is C11H23ClN2O2. The Morgan fingerprint density at radius 1 is 1.62 bits per heavy atom. The summed E-state index contributed by atoms with van der Waals surface area (Å²) in [7, 11) is 0. The molecule has 0 saturated carbocycles. The number of hydrogen-bond donors (Lipinski definition) is 1. The monoisotopic (exact) mass is 250 g/mol. The highest BCUT2D eigenvalue weighted by molar-refractivity contribution is 5.85. The number of carbonyl (C=O) groups excluding carboxylic acids is 1. The van der Waals surface area contributed by atoms with E-state index in [-0.39, 0.29) is 36.4 Å². The highest BCUT2D eigenvalue weighted by Crippen LogP contribution is 2.16. The van der Waals surface area contributed by atoms with Gasteiger partial charge < -0.3 is 15.4 Å². The smallest absolute Gasteiger partial charge is 0.227 e. The van der Waals surface area contributed by atoms with E-state index < -0.39 is 0 Å². The predicted molar refractivity (Wildman–Crippen MR) is 66.7 cm³/mol. The summed E-state index contributed by atoms with van der Waals surface area (Å²) in [6.45, 7) is 7.73. The number of rotatable bonds is 3. The number of ether oxygens (including phenoxy) is 1. The number of nitrogens with two attached hydrogens (primary N) is 1. The van der Waals surface area contributed by atoms with Crippen LogP contribution >= 0.6 is 12.4 Å². The fraction of sp³-hybridized carbons (Fsp3) is 0.909. The molecule has 1 rings (SSSR count). The van der Waals surface area contributed by atoms with Crippen molar-refractivity contribution in [2.75, 3.05) is 19.7 Å². The first kappa shape index (κ1) is 15.7. The van der Waals surface area contributed by atoms with E-state index in [1.807, 2.05) is 18.7 Å². The first-order valence-corrected chi connectivity index (χ1v) is 5.72. The lowest BCUT2D eigenvalue weighted by atomic mass is 10.1. The lowest BCUT2D eigenvalue weighted by Gasteiger charge is -2.39. The number of carbonyl (C=O) groups is 1. The average molecular weight is 251 g/mol. The molecule has 0 radical (unpaired) electrons. The van der Waals surface area contributed by atoms with Gasteiger partial charge in [-0.15, -0.1) is 12.4 Å². The van der Waals surface area contributed by atoms with Gasteiger partial charge in [0.25, 0.3) is 0 Å². The zero-order chi connectivity index (χ0) is 11.4. The summed E-state index contributed by atoms with van der Waals surface area (Å²) >= 11 is 0. The quantitative estimate of drug-likeness (QED) is 0.814. The van der Waals surface area contributed by atoms with E-state index in [2.05, 4.69) is 6.92 Å². The van der Waals surface area contributed by atoms with Gasteiger partial charge in [0.05, 0.1) is 18.8 Å². The standard InChI is InChI=1S/C11H22N2O2.ClH/c1-4-10-7-15-9(3)6-13(10)11(14)8(2)5-12;/h8-10H,4-7,12H2,1-3H3;1H. The molecule has 0 aliphatic carbocycles. The van der Waals surface area contributed by atoms with Crippen molar-refractivity contribution in [1.82, 2.24) is 4.90 Å². The predicted octanol–water partition coefficient (Wildman–Crippen LogP) is 1.03. The molecule has 96 valence electrons. The number of morpholine rings is 1. The second-order valence-corrected chi connectivity index (χ2v) is 4.33. The van der Waals surface area contributed by atoms with Gasteiger partial charge in [-0.2, -0.15) is 0 Å². The Bertz CT molecular complexity index is 226. The second kappa shape index (κ2) is 7.09. The first-order valence-electron chi connectivity index (χ1n) is 5.72. The van der Waals surface area contributed by atoms with Crippen LogP contribution in [0.2, 0.25) is 0 Å². The van der Waals surface area contributed by atoms with E-state index in [0.717, 1.165) is 6.42 Å². The van der Waals surface area contributed by atoms with Gasteiger partial charge in [-0.05, 0) is 13.3 Å². The molecule has 0 aromatic rings. The Hall–Kier alpha value is -0.320. The molecule has 3 unspecified atom stereocenters. The molecule has 0 aromatic heterocycles. The highest BCUT2D eigenvalue weighted by atomic mass is 35.5. The van der Waals surface area contributed by atoms with Crippen LogP contribution in [0.1, 0.15) is 27.2 Å². The number of halogens is 1. The molecule has 5 heteroatoms. The SMILES string of the molecule is CCC1COC(C)CN1C(=O)C(C)CN.Cl. The van der Waals surface area contributed by atoms with Crippen molar-refractivity contribution < 1.29 is 9.53 Å². The molecule has 0 aromatic carbocycles. The van der Waals surface area contributed by atoms with Gasteiger partial charge in [0.2, 0.25) is 5.91 Å². The van der Waals surface area contributed by atoms with Gasteiger partial charge in [-0.25, -0.2) is 0 Å². The van der Waals surface area contributed by atoms with Crippen LogP contribution in [0, 0.1) is 5.92 Å². The Labute approximate surface area is 104 Å². The van der Waals surface area contributed by atoms with E-state index in [9.17, 15) is 4.79 Å². The zero-order valence-electron chi connectivity index (χ0n) is 10.3. The third-order valence-electron chi connectivity index (χ3n) is 3.00. The molecule has 1 heterocycles. The molecule has 4 nitrogen and oxygen atoms in total. The summed E-state index contributed by atoms with van der Waals surface area (Å²) in [5, 5.41) is 0. The Morgan fingerprint density at radius 2 is 2.25 bits per heavy atom. The summed E-state index contributed by atoms with van der Waals surface area (Å²) in [4.78, 5) is 14.0. The summed E-state index contributed by atoms with van der Waals surface area (Å²) < 4.78 is 5.55. The van der Waals surface area contributed by atoms with Gasteiger partial charge in [0, 0.05) is 19.0 Å². The van der Waals surface area contributed by atoms with E-state index in [4.69, 9.17) is 10.5 Å². The van der Waals surface area contributed by atoms with Crippen molar-refractivity contribution in [3.63, 3.8) is 0 Å². The normalized spacial score (nSPS) is 27.1. The minimum Gasteiger partial charge on any atom is -0.375 e. The lowest BCUT2D eigenvalue weighted by molar-refractivity contribution is -0.147. The van der Waals surface area contributed by atoms with E-state index in [0.29, 0.717) is 19.7 Å². The van der Waals surface area contributed by atoms with Crippen molar-refractivity contribution in [3.8, 4) is 0 Å². The second-order valence-electron chi connectivity index (χ2n) is 4.33. The number of amides is 1. The highest BCUT2D eigenvalue weighted by Gasteiger charge is 2.31. The zero-order valence-corrected chi connectivity index (χ0v) is 11.1. The maximum absolute atomic E-state index is 12.0. The van der Waals surface area contributed by atoms with Gasteiger partial charge in [0.1, 0.15) is 0 Å². The van der Waals surface area contributed by atoms with E-state index >= 15 is 0 Å². The van der Waals surface area contributed by atoms with Crippen LogP contribution in [-0.2, 0) is 9.53 Å².